The molecule has 0 bridgehead atoms. The van der Waals surface area contributed by atoms with Crippen molar-refractivity contribution in [1.29, 1.82) is 0 Å². The summed E-state index contributed by atoms with van der Waals surface area (Å²) in [5.74, 6) is 0. The standard InChI is InChI=1S/C10H12N6/c1-2-10(14-12-5-1)8-13-16-15-9-3-6-11-7-4-9/h1-7,10,14H,8H2,(H,11,13,15). The molecule has 1 atom stereocenters. The molecule has 6 heteroatoms. The van der Waals surface area contributed by atoms with Crippen LogP contribution in [-0.2, 0) is 0 Å². The van der Waals surface area contributed by atoms with E-state index in [4.69, 9.17) is 0 Å². The number of allylic oxidation sites excluding steroid dienone is 1. The second-order valence-electron chi connectivity index (χ2n) is 3.17. The zero-order valence-electron chi connectivity index (χ0n) is 8.61. The van der Waals surface area contributed by atoms with Crippen LogP contribution < -0.4 is 10.9 Å². The lowest BCUT2D eigenvalue weighted by atomic mass is 10.3. The summed E-state index contributed by atoms with van der Waals surface area (Å²) in [4.78, 5) is 3.90. The van der Waals surface area contributed by atoms with E-state index in [0.717, 1.165) is 5.69 Å². The number of hydrogen-bond acceptors (Lipinski definition) is 5. The van der Waals surface area contributed by atoms with Crippen molar-refractivity contribution in [2.75, 3.05) is 12.0 Å². The lowest BCUT2D eigenvalue weighted by Crippen LogP contribution is -2.27. The fourth-order valence-corrected chi connectivity index (χ4v) is 1.16. The minimum Gasteiger partial charge on any atom is -0.301 e. The predicted molar refractivity (Wildman–Crippen MR) is 62.1 cm³/mol. The van der Waals surface area contributed by atoms with Crippen LogP contribution in [0.4, 0.5) is 5.69 Å². The Hall–Kier alpha value is -2.24. The summed E-state index contributed by atoms with van der Waals surface area (Å²) in [5, 5.41) is 11.8. The van der Waals surface area contributed by atoms with E-state index in [-0.39, 0.29) is 6.04 Å². The number of anilines is 1. The van der Waals surface area contributed by atoms with E-state index in [9.17, 15) is 0 Å². The largest absolute Gasteiger partial charge is 0.301 e. The summed E-state index contributed by atoms with van der Waals surface area (Å²) < 4.78 is 0. The maximum atomic E-state index is 4.00. The van der Waals surface area contributed by atoms with Gasteiger partial charge in [-0.25, -0.2) is 0 Å². The van der Waals surface area contributed by atoms with E-state index in [2.05, 4.69) is 31.3 Å². The van der Waals surface area contributed by atoms with Crippen molar-refractivity contribution < 1.29 is 0 Å². The highest BCUT2D eigenvalue weighted by Crippen LogP contribution is 2.02. The third-order valence-corrected chi connectivity index (χ3v) is 1.95. The molecule has 2 N–H and O–H groups in total. The van der Waals surface area contributed by atoms with Crippen LogP contribution in [0.15, 0.2) is 52.1 Å². The topological polar surface area (TPSA) is 74.0 Å². The molecule has 6 nitrogen and oxygen atoms in total. The van der Waals surface area contributed by atoms with Crippen LogP contribution in [0.25, 0.3) is 0 Å². The van der Waals surface area contributed by atoms with Crippen LogP contribution in [-0.4, -0.2) is 23.8 Å². The number of nitrogens with one attached hydrogen (secondary N) is 2. The average Bonchev–Trinajstić information content (AvgIpc) is 2.37. The quantitative estimate of drug-likeness (QED) is 0.589. The van der Waals surface area contributed by atoms with Gasteiger partial charge >= 0.3 is 0 Å². The Bertz CT molecular complexity index is 397. The molecule has 0 radical (unpaired) electrons. The minimum absolute atomic E-state index is 0.119. The number of aromatic nitrogens is 1. The maximum absolute atomic E-state index is 4.00. The molecular formula is C10H12N6. The average molecular weight is 216 g/mol. The van der Waals surface area contributed by atoms with Crippen LogP contribution in [0.1, 0.15) is 0 Å². The van der Waals surface area contributed by atoms with Crippen molar-refractivity contribution in [3.63, 3.8) is 0 Å². The molecular weight excluding hydrogens is 204 g/mol. The second-order valence-corrected chi connectivity index (χ2v) is 3.17. The summed E-state index contributed by atoms with van der Waals surface area (Å²) in [6.07, 6.45) is 8.95. The smallest absolute Gasteiger partial charge is 0.0874 e. The Morgan fingerprint density at radius 1 is 1.38 bits per heavy atom. The predicted octanol–water partition coefficient (Wildman–Crippen LogP) is 1.37. The first-order chi connectivity index (χ1) is 7.95. The highest BCUT2D eigenvalue weighted by molar-refractivity contribution is 5.71. The van der Waals surface area contributed by atoms with Crippen molar-refractivity contribution in [2.45, 2.75) is 6.04 Å². The summed E-state index contributed by atoms with van der Waals surface area (Å²) in [6.45, 7) is 0.548. The van der Waals surface area contributed by atoms with E-state index >= 15 is 0 Å². The Balaban J connectivity index is 1.74. The molecule has 0 aromatic carbocycles. The highest BCUT2D eigenvalue weighted by atomic mass is 15.4. The fraction of sp³-hybridized carbons (Fsp3) is 0.200. The van der Waals surface area contributed by atoms with E-state index < -0.39 is 0 Å². The molecule has 16 heavy (non-hydrogen) atoms. The zero-order valence-corrected chi connectivity index (χ0v) is 8.61. The SMILES string of the molecule is C1=CC(CN=NNc2ccncc2)NN=C1. The lowest BCUT2D eigenvalue weighted by molar-refractivity contribution is 0.616. The molecule has 1 aliphatic heterocycles. The van der Waals surface area contributed by atoms with Gasteiger partial charge in [0.25, 0.3) is 0 Å². The van der Waals surface area contributed by atoms with Crippen molar-refractivity contribution in [3.05, 3.63) is 36.7 Å². The molecule has 82 valence electrons. The number of pyridine rings is 1. The summed E-state index contributed by atoms with van der Waals surface area (Å²) in [5.41, 5.74) is 6.59. The number of hydrazone groups is 1. The molecule has 1 aromatic rings. The van der Waals surface area contributed by atoms with Gasteiger partial charge in [-0.1, -0.05) is 11.3 Å². The highest BCUT2D eigenvalue weighted by Gasteiger charge is 2.02. The zero-order chi connectivity index (χ0) is 11.1. The van der Waals surface area contributed by atoms with Crippen LogP contribution >= 0.6 is 0 Å². The van der Waals surface area contributed by atoms with Gasteiger partial charge in [0.05, 0.1) is 18.3 Å². The van der Waals surface area contributed by atoms with Gasteiger partial charge in [0, 0.05) is 18.6 Å². The number of rotatable bonds is 4. The number of nitrogens with zero attached hydrogens (tertiary/aromatic N) is 4. The van der Waals surface area contributed by atoms with Gasteiger partial charge in [-0.15, -0.1) is 0 Å². The van der Waals surface area contributed by atoms with Gasteiger partial charge in [0.1, 0.15) is 0 Å². The Morgan fingerprint density at radius 2 is 2.25 bits per heavy atom. The molecule has 0 amide bonds. The first-order valence-electron chi connectivity index (χ1n) is 4.93. The van der Waals surface area contributed by atoms with E-state index in [1.165, 1.54) is 0 Å². The van der Waals surface area contributed by atoms with E-state index in [0.29, 0.717) is 6.54 Å². The Labute approximate surface area is 93.2 Å². The fourth-order valence-electron chi connectivity index (χ4n) is 1.16. The molecule has 0 aliphatic carbocycles. The molecule has 0 fully saturated rings. The molecule has 0 spiro atoms. The molecule has 0 saturated carbocycles. The molecule has 1 aliphatic rings. The molecule has 1 unspecified atom stereocenters. The Kier molecular flexibility index (Phi) is 3.60. The van der Waals surface area contributed by atoms with Crippen molar-refractivity contribution in [1.82, 2.24) is 10.4 Å². The first-order valence-corrected chi connectivity index (χ1v) is 4.93. The van der Waals surface area contributed by atoms with Crippen LogP contribution in [0.5, 0.6) is 0 Å². The van der Waals surface area contributed by atoms with Gasteiger partial charge in [0.2, 0.25) is 0 Å². The molecule has 2 heterocycles. The Morgan fingerprint density at radius 3 is 3.00 bits per heavy atom. The van der Waals surface area contributed by atoms with Gasteiger partial charge in [-0.3, -0.25) is 10.4 Å². The van der Waals surface area contributed by atoms with Crippen molar-refractivity contribution >= 4 is 11.9 Å². The monoisotopic (exact) mass is 216 g/mol. The summed E-state index contributed by atoms with van der Waals surface area (Å²) >= 11 is 0. The summed E-state index contributed by atoms with van der Waals surface area (Å²) in [7, 11) is 0. The van der Waals surface area contributed by atoms with Gasteiger partial charge in [-0.05, 0) is 18.2 Å². The van der Waals surface area contributed by atoms with E-state index in [1.807, 2.05) is 24.3 Å². The third-order valence-electron chi connectivity index (χ3n) is 1.95. The van der Waals surface area contributed by atoms with Crippen LogP contribution in [0, 0.1) is 0 Å². The first kappa shape index (κ1) is 10.3. The molecule has 1 aromatic heterocycles. The second kappa shape index (κ2) is 5.59. The van der Waals surface area contributed by atoms with Gasteiger partial charge in [-0.2, -0.15) is 10.2 Å². The van der Waals surface area contributed by atoms with E-state index in [1.54, 1.807) is 18.6 Å². The van der Waals surface area contributed by atoms with Crippen molar-refractivity contribution in [3.8, 4) is 0 Å². The summed E-state index contributed by atoms with van der Waals surface area (Å²) in [6, 6.07) is 3.76. The molecule has 2 rings (SSSR count). The minimum atomic E-state index is 0.119. The van der Waals surface area contributed by atoms with Crippen molar-refractivity contribution in [2.24, 2.45) is 15.4 Å². The van der Waals surface area contributed by atoms with Crippen LogP contribution in [0.2, 0.25) is 0 Å². The third kappa shape index (κ3) is 3.16. The van der Waals surface area contributed by atoms with Gasteiger partial charge in [0.15, 0.2) is 0 Å². The lowest BCUT2D eigenvalue weighted by Gasteiger charge is -2.10. The molecule has 0 saturated heterocycles. The maximum Gasteiger partial charge on any atom is 0.0874 e. The van der Waals surface area contributed by atoms with Crippen LogP contribution in [0.3, 0.4) is 0 Å². The number of hydrogen-bond donors (Lipinski definition) is 2. The normalized spacial score (nSPS) is 18.6. The van der Waals surface area contributed by atoms with Gasteiger partial charge < -0.3 is 5.43 Å².